The normalized spacial score (nSPS) is 14.4. The van der Waals surface area contributed by atoms with E-state index in [9.17, 15) is 20.2 Å². The van der Waals surface area contributed by atoms with Crippen LogP contribution in [0.15, 0.2) is 72.1 Å². The molecule has 0 radical (unpaired) electrons. The van der Waals surface area contributed by atoms with Crippen molar-refractivity contribution in [3.63, 3.8) is 0 Å². The molecule has 9 heteroatoms. The number of non-ortho nitro benzene ring substituents is 1. The van der Waals surface area contributed by atoms with Crippen LogP contribution in [0, 0.1) is 35.3 Å². The SMILES string of the molecule is Cc1cc(C)cc(OCC(=O)Oc2ccc3c(c2)OC(N)=C(C#N)C3c2ccc([N+](=O)[O-])cc2)c1. The number of hydrogen-bond donors (Lipinski definition) is 1. The Morgan fingerprint density at radius 1 is 1.09 bits per heavy atom. The van der Waals surface area contributed by atoms with Gasteiger partial charge in [0.05, 0.1) is 10.8 Å². The quantitative estimate of drug-likeness (QED) is 0.241. The minimum Gasteiger partial charge on any atom is -0.482 e. The standard InChI is InChI=1S/C26H21N3O6/c1-15-9-16(2)11-20(10-15)33-14-24(30)34-19-7-8-21-23(12-19)35-26(28)22(13-27)25(21)17-3-5-18(6-4-17)29(31)32/h3-12,25H,14,28H2,1-2H3. The number of rotatable bonds is 6. The van der Waals surface area contributed by atoms with Crippen LogP contribution >= 0.6 is 0 Å². The Balaban J connectivity index is 1.54. The summed E-state index contributed by atoms with van der Waals surface area (Å²) in [5, 5.41) is 20.7. The maximum atomic E-state index is 12.3. The molecule has 0 fully saturated rings. The minimum absolute atomic E-state index is 0.0678. The van der Waals surface area contributed by atoms with Crippen molar-refractivity contribution < 1.29 is 23.9 Å². The highest BCUT2D eigenvalue weighted by Gasteiger charge is 2.31. The van der Waals surface area contributed by atoms with Crippen LogP contribution in [-0.2, 0) is 4.79 Å². The number of carbonyl (C=O) groups excluding carboxylic acids is 1. The van der Waals surface area contributed by atoms with Crippen molar-refractivity contribution in [2.75, 3.05) is 6.61 Å². The molecule has 1 atom stereocenters. The van der Waals surface area contributed by atoms with Crippen molar-refractivity contribution in [1.29, 1.82) is 5.26 Å². The first-order chi connectivity index (χ1) is 16.7. The fourth-order valence-electron chi connectivity index (χ4n) is 3.95. The Labute approximate surface area is 201 Å². The Morgan fingerprint density at radius 2 is 1.77 bits per heavy atom. The summed E-state index contributed by atoms with van der Waals surface area (Å²) in [5.74, 6) is -0.194. The van der Waals surface area contributed by atoms with E-state index >= 15 is 0 Å². The van der Waals surface area contributed by atoms with Crippen LogP contribution in [0.25, 0.3) is 0 Å². The number of aryl methyl sites for hydroxylation is 2. The van der Waals surface area contributed by atoms with Crippen molar-refractivity contribution in [2.45, 2.75) is 19.8 Å². The van der Waals surface area contributed by atoms with E-state index in [0.29, 0.717) is 22.6 Å². The van der Waals surface area contributed by atoms with Crippen LogP contribution in [-0.4, -0.2) is 17.5 Å². The fraction of sp³-hybridized carbons (Fsp3) is 0.154. The van der Waals surface area contributed by atoms with Crippen molar-refractivity contribution in [2.24, 2.45) is 5.73 Å². The lowest BCUT2D eigenvalue weighted by Crippen LogP contribution is -2.21. The lowest BCUT2D eigenvalue weighted by molar-refractivity contribution is -0.384. The average Bonchev–Trinajstić information content (AvgIpc) is 2.81. The number of nitro benzene ring substituents is 1. The first-order valence-electron chi connectivity index (χ1n) is 10.6. The molecule has 35 heavy (non-hydrogen) atoms. The summed E-state index contributed by atoms with van der Waals surface area (Å²) in [6.07, 6.45) is 0. The van der Waals surface area contributed by atoms with Gasteiger partial charge in [0.25, 0.3) is 5.69 Å². The molecule has 0 spiro atoms. The van der Waals surface area contributed by atoms with E-state index in [2.05, 4.69) is 6.07 Å². The molecule has 0 aromatic heterocycles. The Kier molecular flexibility index (Phi) is 6.38. The van der Waals surface area contributed by atoms with Crippen LogP contribution in [0.5, 0.6) is 17.2 Å². The molecule has 1 heterocycles. The molecule has 0 saturated heterocycles. The van der Waals surface area contributed by atoms with E-state index in [-0.39, 0.29) is 29.5 Å². The van der Waals surface area contributed by atoms with Crippen LogP contribution < -0.4 is 19.9 Å². The predicted octanol–water partition coefficient (Wildman–Crippen LogP) is 4.41. The smallest absolute Gasteiger partial charge is 0.349 e. The van der Waals surface area contributed by atoms with E-state index in [1.807, 2.05) is 32.0 Å². The van der Waals surface area contributed by atoms with Gasteiger partial charge in [0, 0.05) is 23.8 Å². The summed E-state index contributed by atoms with van der Waals surface area (Å²) in [5.41, 5.74) is 9.38. The lowest BCUT2D eigenvalue weighted by atomic mass is 9.83. The number of ether oxygens (including phenoxy) is 3. The molecule has 0 aliphatic carbocycles. The van der Waals surface area contributed by atoms with Crippen LogP contribution in [0.3, 0.4) is 0 Å². The van der Waals surface area contributed by atoms with Crippen LogP contribution in [0.4, 0.5) is 5.69 Å². The third kappa shape index (κ3) is 5.07. The summed E-state index contributed by atoms with van der Waals surface area (Å²) in [4.78, 5) is 22.8. The highest BCUT2D eigenvalue weighted by atomic mass is 16.6. The van der Waals surface area contributed by atoms with E-state index in [1.165, 1.54) is 18.2 Å². The van der Waals surface area contributed by atoms with Gasteiger partial charge in [-0.3, -0.25) is 10.1 Å². The molecule has 4 rings (SSSR count). The lowest BCUT2D eigenvalue weighted by Gasteiger charge is -2.26. The zero-order valence-corrected chi connectivity index (χ0v) is 19.0. The zero-order chi connectivity index (χ0) is 25.1. The number of nitrogens with zero attached hydrogens (tertiary/aromatic N) is 2. The molecular formula is C26H21N3O6. The molecular weight excluding hydrogens is 450 g/mol. The molecule has 1 aliphatic rings. The third-order valence-corrected chi connectivity index (χ3v) is 5.41. The van der Waals surface area contributed by atoms with Gasteiger partial charge >= 0.3 is 5.97 Å². The van der Waals surface area contributed by atoms with E-state index in [4.69, 9.17) is 19.9 Å². The molecule has 1 aliphatic heterocycles. The van der Waals surface area contributed by atoms with Gasteiger partial charge < -0.3 is 19.9 Å². The van der Waals surface area contributed by atoms with E-state index in [0.717, 1.165) is 11.1 Å². The van der Waals surface area contributed by atoms with Gasteiger partial charge in [-0.05, 0) is 48.7 Å². The molecule has 3 aromatic rings. The van der Waals surface area contributed by atoms with E-state index < -0.39 is 16.8 Å². The summed E-state index contributed by atoms with van der Waals surface area (Å²) in [7, 11) is 0. The summed E-state index contributed by atoms with van der Waals surface area (Å²) < 4.78 is 16.6. The third-order valence-electron chi connectivity index (χ3n) is 5.41. The first-order valence-corrected chi connectivity index (χ1v) is 10.6. The van der Waals surface area contributed by atoms with Gasteiger partial charge in [-0.1, -0.05) is 24.3 Å². The van der Waals surface area contributed by atoms with Gasteiger partial charge in [0.2, 0.25) is 5.88 Å². The summed E-state index contributed by atoms with van der Waals surface area (Å²) in [6, 6.07) is 18.3. The maximum Gasteiger partial charge on any atom is 0.349 e. The highest BCUT2D eigenvalue weighted by Crippen LogP contribution is 2.43. The van der Waals surface area contributed by atoms with E-state index in [1.54, 1.807) is 24.3 Å². The van der Waals surface area contributed by atoms with Crippen molar-refractivity contribution in [3.8, 4) is 23.3 Å². The molecule has 2 N–H and O–H groups in total. The van der Waals surface area contributed by atoms with Crippen molar-refractivity contribution in [1.82, 2.24) is 0 Å². The zero-order valence-electron chi connectivity index (χ0n) is 19.0. The Morgan fingerprint density at radius 3 is 2.40 bits per heavy atom. The maximum absolute atomic E-state index is 12.3. The number of fused-ring (bicyclic) bond motifs is 1. The minimum atomic E-state index is -0.604. The fourth-order valence-corrected chi connectivity index (χ4v) is 3.95. The van der Waals surface area contributed by atoms with Gasteiger partial charge in [-0.25, -0.2) is 4.79 Å². The molecule has 176 valence electrons. The number of nitrogens with two attached hydrogens (primary N) is 1. The molecule has 1 unspecified atom stereocenters. The Bertz CT molecular complexity index is 1370. The molecule has 3 aromatic carbocycles. The summed E-state index contributed by atoms with van der Waals surface area (Å²) in [6.45, 7) is 3.59. The number of allylic oxidation sites excluding steroid dienone is 1. The van der Waals surface area contributed by atoms with Gasteiger partial charge in [0.1, 0.15) is 28.9 Å². The van der Waals surface area contributed by atoms with Crippen molar-refractivity contribution >= 4 is 11.7 Å². The van der Waals surface area contributed by atoms with Gasteiger partial charge in [-0.15, -0.1) is 0 Å². The topological polar surface area (TPSA) is 138 Å². The first kappa shape index (κ1) is 23.3. The molecule has 9 nitrogen and oxygen atoms in total. The van der Waals surface area contributed by atoms with Crippen molar-refractivity contribution in [3.05, 3.63) is 104 Å². The van der Waals surface area contributed by atoms with Gasteiger partial charge in [-0.2, -0.15) is 5.26 Å². The number of carbonyl (C=O) groups is 1. The second-order valence-electron chi connectivity index (χ2n) is 8.06. The number of benzene rings is 3. The number of nitriles is 1. The number of hydrogen-bond acceptors (Lipinski definition) is 8. The summed E-state index contributed by atoms with van der Waals surface area (Å²) >= 11 is 0. The number of nitro groups is 1. The average molecular weight is 471 g/mol. The second kappa shape index (κ2) is 9.57. The Hall–Kier alpha value is -4.84. The highest BCUT2D eigenvalue weighted by molar-refractivity contribution is 5.74. The molecule has 0 bridgehead atoms. The van der Waals surface area contributed by atoms with Crippen LogP contribution in [0.2, 0.25) is 0 Å². The second-order valence-corrected chi connectivity index (χ2v) is 8.06. The predicted molar refractivity (Wildman–Crippen MR) is 126 cm³/mol. The molecule has 0 saturated carbocycles. The largest absolute Gasteiger partial charge is 0.482 e. The number of esters is 1. The molecule has 0 amide bonds. The van der Waals surface area contributed by atoms with Crippen LogP contribution in [0.1, 0.15) is 28.2 Å². The monoisotopic (exact) mass is 471 g/mol. The van der Waals surface area contributed by atoms with Gasteiger partial charge in [0.15, 0.2) is 6.61 Å².